The molecule has 0 amide bonds. The molecule has 0 aliphatic heterocycles. The number of hydrogen-bond donors (Lipinski definition) is 0. The molecule has 22 heavy (non-hydrogen) atoms. The third-order valence-electron chi connectivity index (χ3n) is 2.66. The minimum Gasteiger partial charge on any atom is -0.487 e. The van der Waals surface area contributed by atoms with Gasteiger partial charge in [-0.3, -0.25) is 14.9 Å². The van der Waals surface area contributed by atoms with Crippen LogP contribution in [-0.2, 0) is 14.3 Å². The first-order valence-electron chi connectivity index (χ1n) is 6.64. The summed E-state index contributed by atoms with van der Waals surface area (Å²) in [4.78, 5) is 32.9. The van der Waals surface area contributed by atoms with Crippen LogP contribution >= 0.6 is 0 Å². The van der Waals surface area contributed by atoms with E-state index < -0.39 is 10.9 Å². The van der Waals surface area contributed by atoms with E-state index in [9.17, 15) is 19.7 Å². The Morgan fingerprint density at radius 3 is 2.64 bits per heavy atom. The summed E-state index contributed by atoms with van der Waals surface area (Å²) in [5.41, 5.74) is -0.271. The zero-order chi connectivity index (χ0) is 16.5. The van der Waals surface area contributed by atoms with Gasteiger partial charge in [-0.15, -0.1) is 0 Å². The minimum atomic E-state index is -0.669. The summed E-state index contributed by atoms with van der Waals surface area (Å²) in [6, 6.07) is 3.79. The van der Waals surface area contributed by atoms with Crippen LogP contribution in [0.2, 0.25) is 0 Å². The number of esters is 2. The van der Waals surface area contributed by atoms with Crippen molar-refractivity contribution in [1.82, 2.24) is 0 Å². The Kier molecular flexibility index (Phi) is 6.81. The Hall–Kier alpha value is -2.64. The van der Waals surface area contributed by atoms with Crippen LogP contribution in [0.1, 0.15) is 30.1 Å². The van der Waals surface area contributed by atoms with Gasteiger partial charge in [0.1, 0.15) is 0 Å². The maximum atomic E-state index is 11.4. The molecule has 1 aromatic rings. The molecule has 1 aromatic carbocycles. The monoisotopic (exact) mass is 311 g/mol. The van der Waals surface area contributed by atoms with Gasteiger partial charge in [-0.25, -0.2) is 4.79 Å². The van der Waals surface area contributed by atoms with Crippen molar-refractivity contribution < 1.29 is 28.7 Å². The van der Waals surface area contributed by atoms with E-state index >= 15 is 0 Å². The van der Waals surface area contributed by atoms with Crippen molar-refractivity contribution in [2.45, 2.75) is 19.8 Å². The van der Waals surface area contributed by atoms with Crippen molar-refractivity contribution in [3.8, 4) is 5.75 Å². The third-order valence-corrected chi connectivity index (χ3v) is 2.66. The van der Waals surface area contributed by atoms with Crippen molar-refractivity contribution in [3.63, 3.8) is 0 Å². The highest BCUT2D eigenvalue weighted by atomic mass is 16.6. The van der Waals surface area contributed by atoms with Gasteiger partial charge in [-0.2, -0.15) is 0 Å². The second-order valence-electron chi connectivity index (χ2n) is 4.19. The minimum absolute atomic E-state index is 0.0292. The molecule has 1 rings (SSSR count). The van der Waals surface area contributed by atoms with Gasteiger partial charge in [-0.05, 0) is 25.5 Å². The summed E-state index contributed by atoms with van der Waals surface area (Å²) in [6.07, 6.45) is 0.538. The third kappa shape index (κ3) is 5.04. The summed E-state index contributed by atoms with van der Waals surface area (Å²) in [7, 11) is 1.19. The van der Waals surface area contributed by atoms with E-state index in [1.807, 2.05) is 0 Å². The Labute approximate surface area is 127 Å². The second kappa shape index (κ2) is 8.60. The lowest BCUT2D eigenvalue weighted by atomic mass is 10.2. The van der Waals surface area contributed by atoms with Crippen LogP contribution in [0.25, 0.3) is 0 Å². The second-order valence-corrected chi connectivity index (χ2v) is 4.19. The quantitative estimate of drug-likeness (QED) is 0.313. The van der Waals surface area contributed by atoms with Gasteiger partial charge in [0.15, 0.2) is 5.75 Å². The van der Waals surface area contributed by atoms with E-state index in [2.05, 4.69) is 4.74 Å². The highest BCUT2D eigenvalue weighted by Gasteiger charge is 2.19. The van der Waals surface area contributed by atoms with Gasteiger partial charge in [0.2, 0.25) is 0 Å². The van der Waals surface area contributed by atoms with E-state index in [0.717, 1.165) is 6.07 Å². The standard InChI is InChI=1S/C14H17NO7/c1-3-21-13(16)5-4-8-22-12-7-6-10(14(17)20-2)9-11(12)15(18)19/h6-7,9H,3-5,8H2,1-2H3. The van der Waals surface area contributed by atoms with E-state index in [1.165, 1.54) is 19.2 Å². The largest absolute Gasteiger partial charge is 0.487 e. The molecule has 0 fully saturated rings. The van der Waals surface area contributed by atoms with E-state index in [-0.39, 0.29) is 36.0 Å². The Balaban J connectivity index is 2.68. The van der Waals surface area contributed by atoms with Crippen molar-refractivity contribution in [2.75, 3.05) is 20.3 Å². The highest BCUT2D eigenvalue weighted by Crippen LogP contribution is 2.28. The van der Waals surface area contributed by atoms with Gasteiger partial charge in [0, 0.05) is 12.5 Å². The fourth-order valence-corrected chi connectivity index (χ4v) is 1.66. The molecule has 120 valence electrons. The highest BCUT2D eigenvalue weighted by molar-refractivity contribution is 5.90. The number of methoxy groups -OCH3 is 1. The van der Waals surface area contributed by atoms with Gasteiger partial charge in [0.05, 0.1) is 30.8 Å². The van der Waals surface area contributed by atoms with Gasteiger partial charge < -0.3 is 14.2 Å². The normalized spacial score (nSPS) is 9.91. The van der Waals surface area contributed by atoms with Crippen LogP contribution < -0.4 is 4.74 Å². The lowest BCUT2D eigenvalue weighted by molar-refractivity contribution is -0.385. The molecule has 0 saturated heterocycles. The smallest absolute Gasteiger partial charge is 0.338 e. The SMILES string of the molecule is CCOC(=O)CCCOc1ccc(C(=O)OC)cc1[N+](=O)[O-]. The molecule has 8 nitrogen and oxygen atoms in total. The van der Waals surface area contributed by atoms with Gasteiger partial charge in [0.25, 0.3) is 0 Å². The fraction of sp³-hybridized carbons (Fsp3) is 0.429. The maximum Gasteiger partial charge on any atom is 0.338 e. The Morgan fingerprint density at radius 2 is 2.05 bits per heavy atom. The average Bonchev–Trinajstić information content (AvgIpc) is 2.51. The lowest BCUT2D eigenvalue weighted by Crippen LogP contribution is -2.08. The van der Waals surface area contributed by atoms with E-state index in [0.29, 0.717) is 13.0 Å². The maximum absolute atomic E-state index is 11.4. The fourth-order valence-electron chi connectivity index (χ4n) is 1.66. The number of carbonyl (C=O) groups excluding carboxylic acids is 2. The van der Waals surface area contributed by atoms with Gasteiger partial charge >= 0.3 is 17.6 Å². The summed E-state index contributed by atoms with van der Waals surface area (Å²) in [6.45, 7) is 2.14. The van der Waals surface area contributed by atoms with Crippen molar-refractivity contribution >= 4 is 17.6 Å². The van der Waals surface area contributed by atoms with E-state index in [4.69, 9.17) is 9.47 Å². The number of rotatable bonds is 8. The van der Waals surface area contributed by atoms with Crippen LogP contribution in [0.4, 0.5) is 5.69 Å². The predicted octanol–water partition coefficient (Wildman–Crippen LogP) is 2.10. The molecule has 0 atom stereocenters. The molecule has 0 heterocycles. The molecule has 0 bridgehead atoms. The van der Waals surface area contributed by atoms with Crippen LogP contribution in [-0.4, -0.2) is 37.2 Å². The molecular weight excluding hydrogens is 294 g/mol. The molecule has 0 spiro atoms. The summed E-state index contributed by atoms with van der Waals surface area (Å²) in [5.74, 6) is -0.986. The number of carbonyl (C=O) groups is 2. The van der Waals surface area contributed by atoms with E-state index in [1.54, 1.807) is 6.92 Å². The molecule has 0 aliphatic rings. The summed E-state index contributed by atoms with van der Waals surface area (Å²) >= 11 is 0. The molecule has 0 aliphatic carbocycles. The first kappa shape index (κ1) is 17.4. The average molecular weight is 311 g/mol. The predicted molar refractivity (Wildman–Crippen MR) is 75.8 cm³/mol. The molecule has 0 radical (unpaired) electrons. The van der Waals surface area contributed by atoms with Crippen LogP contribution in [0, 0.1) is 10.1 Å². The first-order chi connectivity index (χ1) is 10.5. The van der Waals surface area contributed by atoms with Crippen LogP contribution in [0.3, 0.4) is 0 Å². The number of nitro groups is 1. The number of hydrogen-bond acceptors (Lipinski definition) is 7. The summed E-state index contributed by atoms with van der Waals surface area (Å²) < 4.78 is 14.6. The molecule has 0 aromatic heterocycles. The molecule has 0 unspecified atom stereocenters. The molecule has 0 saturated carbocycles. The number of nitro benzene ring substituents is 1. The molecular formula is C14H17NO7. The molecule has 0 N–H and O–H groups in total. The zero-order valence-electron chi connectivity index (χ0n) is 12.4. The summed E-state index contributed by atoms with van der Waals surface area (Å²) in [5, 5.41) is 11.0. The van der Waals surface area contributed by atoms with Crippen LogP contribution in [0.5, 0.6) is 5.75 Å². The number of benzene rings is 1. The van der Waals surface area contributed by atoms with Gasteiger partial charge in [-0.1, -0.05) is 0 Å². The number of ether oxygens (including phenoxy) is 3. The Bertz CT molecular complexity index is 556. The lowest BCUT2D eigenvalue weighted by Gasteiger charge is -2.07. The van der Waals surface area contributed by atoms with Crippen molar-refractivity contribution in [2.24, 2.45) is 0 Å². The van der Waals surface area contributed by atoms with Crippen molar-refractivity contribution in [3.05, 3.63) is 33.9 Å². The molecule has 8 heteroatoms. The number of nitrogens with zero attached hydrogens (tertiary/aromatic N) is 1. The van der Waals surface area contributed by atoms with Crippen LogP contribution in [0.15, 0.2) is 18.2 Å². The zero-order valence-corrected chi connectivity index (χ0v) is 12.4. The topological polar surface area (TPSA) is 105 Å². The first-order valence-corrected chi connectivity index (χ1v) is 6.64. The van der Waals surface area contributed by atoms with Crippen molar-refractivity contribution in [1.29, 1.82) is 0 Å². The Morgan fingerprint density at radius 1 is 1.32 bits per heavy atom.